The van der Waals surface area contributed by atoms with Crippen LogP contribution in [0.25, 0.3) is 0 Å². The summed E-state index contributed by atoms with van der Waals surface area (Å²) in [5.74, 6) is -2.38. The van der Waals surface area contributed by atoms with Crippen molar-refractivity contribution in [3.05, 3.63) is 0 Å². The molecule has 8 aliphatic rings. The lowest BCUT2D eigenvalue weighted by Gasteiger charge is -2.60. The molecule has 0 heterocycles. The van der Waals surface area contributed by atoms with Crippen molar-refractivity contribution >= 4 is 17.7 Å². The molecule has 7 nitrogen and oxygen atoms in total. The van der Waals surface area contributed by atoms with Gasteiger partial charge in [-0.1, -0.05) is 6.92 Å². The molecule has 8 aliphatic carbocycles. The normalized spacial score (nSPS) is 43.5. The van der Waals surface area contributed by atoms with Crippen LogP contribution in [0.2, 0.25) is 0 Å². The van der Waals surface area contributed by atoms with Crippen molar-refractivity contribution in [2.75, 3.05) is 19.8 Å². The number of hydrogen-bond donors (Lipinski definition) is 1. The van der Waals surface area contributed by atoms with Crippen LogP contribution in [0.3, 0.4) is 0 Å². The number of aliphatic hydroxyl groups excluding tert-OH is 1. The van der Waals surface area contributed by atoms with E-state index in [1.54, 1.807) is 0 Å². The van der Waals surface area contributed by atoms with E-state index in [9.17, 15) is 28.3 Å². The minimum atomic E-state index is -3.54. The van der Waals surface area contributed by atoms with E-state index in [0.29, 0.717) is 44.4 Å². The highest BCUT2D eigenvalue weighted by molar-refractivity contribution is 5.80. The van der Waals surface area contributed by atoms with E-state index in [4.69, 9.17) is 14.2 Å². The Hall–Kier alpha value is -1.61. The van der Waals surface area contributed by atoms with Gasteiger partial charge in [0.1, 0.15) is 25.4 Å². The summed E-state index contributed by atoms with van der Waals surface area (Å²) >= 11 is 0. The van der Waals surface area contributed by atoms with Crippen LogP contribution in [0.1, 0.15) is 84.5 Å². The van der Waals surface area contributed by atoms with Crippen LogP contribution < -0.4 is 0 Å². The molecule has 0 aliphatic heterocycles. The monoisotopic (exact) mass is 566 g/mol. The molecule has 8 fully saturated rings. The first-order valence-electron chi connectivity index (χ1n) is 15.4. The van der Waals surface area contributed by atoms with Gasteiger partial charge in [-0.3, -0.25) is 9.59 Å². The van der Waals surface area contributed by atoms with Crippen molar-refractivity contribution in [3.8, 4) is 0 Å². The van der Waals surface area contributed by atoms with Gasteiger partial charge in [0.15, 0.2) is 5.78 Å². The molecule has 0 radical (unpaired) electrons. The number of ether oxygens (including phenoxy) is 3. The van der Waals surface area contributed by atoms with Crippen LogP contribution in [-0.4, -0.2) is 60.8 Å². The molecule has 3 atom stereocenters. The Balaban J connectivity index is 0.941. The molecule has 0 spiro atoms. The zero-order valence-electron chi connectivity index (χ0n) is 23.7. The quantitative estimate of drug-likeness (QED) is 0.361. The van der Waals surface area contributed by atoms with Gasteiger partial charge in [-0.15, -0.1) is 0 Å². The minimum Gasteiger partial charge on any atom is -0.462 e. The Morgan fingerprint density at radius 3 is 2.08 bits per heavy atom. The molecule has 3 unspecified atom stereocenters. The first-order valence-corrected chi connectivity index (χ1v) is 15.4. The molecule has 0 aromatic carbocycles. The van der Waals surface area contributed by atoms with Gasteiger partial charge in [-0.25, -0.2) is 4.79 Å². The summed E-state index contributed by atoms with van der Waals surface area (Å²) in [6.45, 7) is 2.48. The maximum Gasteiger partial charge on any atom is 0.376 e. The van der Waals surface area contributed by atoms with Crippen molar-refractivity contribution in [1.82, 2.24) is 0 Å². The largest absolute Gasteiger partial charge is 0.462 e. The number of Topliss-reactive ketones (excluding diaryl/α,β-unsaturated/α-hetero) is 1. The third kappa shape index (κ3) is 5.23. The molecule has 0 amide bonds. The Morgan fingerprint density at radius 1 is 0.900 bits per heavy atom. The van der Waals surface area contributed by atoms with E-state index < -0.39 is 29.5 Å². The fraction of sp³-hybridized carbons (Fsp3) is 0.903. The molecule has 40 heavy (non-hydrogen) atoms. The summed E-state index contributed by atoms with van der Waals surface area (Å²) in [6, 6.07) is 0. The summed E-state index contributed by atoms with van der Waals surface area (Å²) in [5.41, 5.74) is -0.659. The SMILES string of the molecule is CC(F)(F)C(=O)OC1C2CC3CC1CC(C(=O)OCC(O)COCC(=O)CC1(C)C4CC5CC(C4)CC1C5)(C3)C2. The molecule has 224 valence electrons. The molecule has 1 N–H and O–H groups in total. The Labute approximate surface area is 235 Å². The summed E-state index contributed by atoms with van der Waals surface area (Å²) in [7, 11) is 0. The summed E-state index contributed by atoms with van der Waals surface area (Å²) < 4.78 is 43.2. The first-order chi connectivity index (χ1) is 18.8. The van der Waals surface area contributed by atoms with Crippen LogP contribution in [-0.2, 0) is 28.6 Å². The van der Waals surface area contributed by atoms with Crippen molar-refractivity contribution in [1.29, 1.82) is 0 Å². The average Bonchev–Trinajstić information content (AvgIpc) is 2.86. The molecule has 8 rings (SSSR count). The topological polar surface area (TPSA) is 99.1 Å². The fourth-order valence-electron chi connectivity index (χ4n) is 10.4. The molecule has 8 bridgehead atoms. The summed E-state index contributed by atoms with van der Waals surface area (Å²) in [6.07, 6.45) is 8.37. The molecule has 0 saturated heterocycles. The number of esters is 2. The van der Waals surface area contributed by atoms with Crippen molar-refractivity contribution in [2.45, 2.75) is 103 Å². The van der Waals surface area contributed by atoms with Gasteiger partial charge in [0.25, 0.3) is 0 Å². The van der Waals surface area contributed by atoms with Crippen molar-refractivity contribution < 1.29 is 42.5 Å². The zero-order chi connectivity index (χ0) is 28.4. The zero-order valence-corrected chi connectivity index (χ0v) is 23.7. The predicted molar refractivity (Wildman–Crippen MR) is 139 cm³/mol. The van der Waals surface area contributed by atoms with E-state index >= 15 is 0 Å². The highest BCUT2D eigenvalue weighted by Crippen LogP contribution is 2.63. The number of ketones is 1. The van der Waals surface area contributed by atoms with E-state index in [0.717, 1.165) is 24.7 Å². The second kappa shape index (κ2) is 10.3. The molecular weight excluding hydrogens is 522 g/mol. The lowest BCUT2D eigenvalue weighted by Crippen LogP contribution is -2.58. The fourth-order valence-corrected chi connectivity index (χ4v) is 10.4. The highest BCUT2D eigenvalue weighted by atomic mass is 19.3. The number of alkyl halides is 2. The standard InChI is InChI=1S/C31H44F2O7/c1-29(22-6-17-3-18(8-22)9-23(29)7-17)13-24(34)14-38-15-25(35)16-39-28(37)31-10-19-4-20(11-31)26(21(5-19)12-31)40-27(36)30(2,32)33/h17-23,25-26,35H,3-16H2,1-2H3. The number of carbonyl (C=O) groups is 3. The van der Waals surface area contributed by atoms with Crippen molar-refractivity contribution in [2.24, 2.45) is 52.3 Å². The van der Waals surface area contributed by atoms with E-state index in [2.05, 4.69) is 6.92 Å². The Kier molecular flexibility index (Phi) is 7.33. The van der Waals surface area contributed by atoms with E-state index in [1.807, 2.05) is 0 Å². The number of aliphatic hydroxyl groups is 1. The second-order valence-electron chi connectivity index (χ2n) is 14.8. The maximum absolute atomic E-state index is 13.4. The number of carbonyl (C=O) groups excluding carboxylic acids is 3. The molecular formula is C31H44F2O7. The van der Waals surface area contributed by atoms with Crippen LogP contribution in [0.4, 0.5) is 8.78 Å². The molecule has 8 saturated carbocycles. The van der Waals surface area contributed by atoms with Gasteiger partial charge in [-0.05, 0) is 111 Å². The third-order valence-electron chi connectivity index (χ3n) is 11.8. The average molecular weight is 567 g/mol. The molecule has 9 heteroatoms. The van der Waals surface area contributed by atoms with Gasteiger partial charge in [-0.2, -0.15) is 8.78 Å². The second-order valence-corrected chi connectivity index (χ2v) is 14.8. The number of rotatable bonds is 11. The number of halogens is 2. The van der Waals surface area contributed by atoms with E-state index in [-0.39, 0.29) is 54.7 Å². The van der Waals surface area contributed by atoms with E-state index in [1.165, 1.54) is 32.1 Å². The van der Waals surface area contributed by atoms with Crippen LogP contribution >= 0.6 is 0 Å². The lowest BCUT2D eigenvalue weighted by molar-refractivity contribution is -0.208. The van der Waals surface area contributed by atoms with Crippen LogP contribution in [0.5, 0.6) is 0 Å². The van der Waals surface area contributed by atoms with Gasteiger partial charge < -0.3 is 19.3 Å². The molecule has 0 aromatic heterocycles. The Bertz CT molecular complexity index is 978. The van der Waals surface area contributed by atoms with Crippen molar-refractivity contribution in [3.63, 3.8) is 0 Å². The van der Waals surface area contributed by atoms with Gasteiger partial charge in [0, 0.05) is 13.3 Å². The lowest BCUT2D eigenvalue weighted by atomic mass is 9.45. The summed E-state index contributed by atoms with van der Waals surface area (Å²) in [4.78, 5) is 37.9. The summed E-state index contributed by atoms with van der Waals surface area (Å²) in [5, 5.41) is 10.4. The molecule has 0 aromatic rings. The highest BCUT2D eigenvalue weighted by Gasteiger charge is 2.61. The maximum atomic E-state index is 13.4. The first kappa shape index (κ1) is 28.5. The van der Waals surface area contributed by atoms with Crippen LogP contribution in [0.15, 0.2) is 0 Å². The minimum absolute atomic E-state index is 0.0429. The van der Waals surface area contributed by atoms with Gasteiger partial charge in [0.05, 0.1) is 12.0 Å². The third-order valence-corrected chi connectivity index (χ3v) is 11.8. The predicted octanol–water partition coefficient (Wildman–Crippen LogP) is 4.72. The van der Waals surface area contributed by atoms with Gasteiger partial charge >= 0.3 is 17.9 Å². The Morgan fingerprint density at radius 2 is 1.50 bits per heavy atom. The van der Waals surface area contributed by atoms with Crippen LogP contribution in [0, 0.1) is 52.3 Å². The number of hydrogen-bond acceptors (Lipinski definition) is 7. The smallest absolute Gasteiger partial charge is 0.376 e. The van der Waals surface area contributed by atoms with Gasteiger partial charge in [0.2, 0.25) is 0 Å².